The molecule has 0 amide bonds. The van der Waals surface area contributed by atoms with Gasteiger partial charge in [0.05, 0.1) is 6.61 Å². The molecule has 0 radical (unpaired) electrons. The molecule has 0 saturated heterocycles. The minimum absolute atomic E-state index is 0.108. The molecule has 0 bridgehead atoms. The lowest BCUT2D eigenvalue weighted by Gasteiger charge is -2.57. The lowest BCUT2D eigenvalue weighted by atomic mass is 9.46. The van der Waals surface area contributed by atoms with Crippen LogP contribution in [0.5, 0.6) is 0 Å². The number of aliphatic hydroxyl groups excluding tert-OH is 2. The fraction of sp³-hybridized carbons (Fsp3) is 0.762. The smallest absolute Gasteiger partial charge is 0.161 e. The second kappa shape index (κ2) is 6.10. The van der Waals surface area contributed by atoms with Gasteiger partial charge in [-0.25, -0.2) is 0 Å². The number of fused-ring (bicyclic) bond motifs is 5. The van der Waals surface area contributed by atoms with Gasteiger partial charge >= 0.3 is 0 Å². The van der Waals surface area contributed by atoms with Crippen molar-refractivity contribution < 1.29 is 24.6 Å². The highest BCUT2D eigenvalue weighted by Crippen LogP contribution is 2.65. The predicted octanol–water partition coefficient (Wildman–Crippen LogP) is 1.85. The molecule has 2 N–H and O–H groups in total. The average Bonchev–Trinajstić information content (AvgIpc) is 3.00. The number of ketones is 3. The Labute approximate surface area is 153 Å². The minimum Gasteiger partial charge on any atom is -0.396 e. The molecule has 4 rings (SSSR count). The van der Waals surface area contributed by atoms with E-state index < -0.39 is 17.9 Å². The maximum Gasteiger partial charge on any atom is 0.161 e. The molecule has 3 saturated carbocycles. The van der Waals surface area contributed by atoms with Crippen molar-refractivity contribution in [1.29, 1.82) is 0 Å². The molecule has 6 atom stereocenters. The zero-order valence-corrected chi connectivity index (χ0v) is 15.4. The summed E-state index contributed by atoms with van der Waals surface area (Å²) in [4.78, 5) is 37.5. The van der Waals surface area contributed by atoms with Gasteiger partial charge in [0, 0.05) is 30.1 Å². The zero-order chi connectivity index (χ0) is 18.7. The van der Waals surface area contributed by atoms with Crippen molar-refractivity contribution in [3.8, 4) is 0 Å². The first-order valence-electron chi connectivity index (χ1n) is 9.88. The first-order valence-corrected chi connectivity index (χ1v) is 9.88. The largest absolute Gasteiger partial charge is 0.396 e. The highest BCUT2D eigenvalue weighted by Gasteiger charge is 2.64. The number of hydrogen-bond acceptors (Lipinski definition) is 5. The Morgan fingerprint density at radius 2 is 1.96 bits per heavy atom. The van der Waals surface area contributed by atoms with E-state index in [4.69, 9.17) is 0 Å². The van der Waals surface area contributed by atoms with Crippen molar-refractivity contribution in [2.75, 3.05) is 13.2 Å². The summed E-state index contributed by atoms with van der Waals surface area (Å²) in [7, 11) is 0. The third-order valence-corrected chi connectivity index (χ3v) is 8.23. The van der Waals surface area contributed by atoms with Crippen molar-refractivity contribution >= 4 is 17.3 Å². The topological polar surface area (TPSA) is 91.7 Å². The summed E-state index contributed by atoms with van der Waals surface area (Å²) in [5.74, 6) is -0.146. The molecular formula is C21H28O5. The summed E-state index contributed by atoms with van der Waals surface area (Å²) in [5, 5.41) is 19.6. The Hall–Kier alpha value is -1.33. The van der Waals surface area contributed by atoms with Gasteiger partial charge in [-0.1, -0.05) is 12.5 Å². The molecule has 0 aliphatic heterocycles. The molecule has 0 aromatic rings. The summed E-state index contributed by atoms with van der Waals surface area (Å²) in [6, 6.07) is 0. The first kappa shape index (κ1) is 18.1. The second-order valence-corrected chi connectivity index (χ2v) is 9.13. The van der Waals surface area contributed by atoms with E-state index in [1.165, 1.54) is 0 Å². The van der Waals surface area contributed by atoms with Crippen LogP contribution < -0.4 is 0 Å². The lowest BCUT2D eigenvalue weighted by molar-refractivity contribution is -0.154. The molecule has 142 valence electrons. The number of allylic oxidation sites excluding steroid dienone is 1. The highest BCUT2D eigenvalue weighted by molar-refractivity contribution is 5.93. The predicted molar refractivity (Wildman–Crippen MR) is 94.1 cm³/mol. The molecule has 26 heavy (non-hydrogen) atoms. The van der Waals surface area contributed by atoms with Crippen LogP contribution in [-0.2, 0) is 14.4 Å². The maximum atomic E-state index is 13.3. The Bertz CT molecular complexity index is 695. The summed E-state index contributed by atoms with van der Waals surface area (Å²) < 4.78 is 0. The normalized spacial score (nSPS) is 44.8. The first-order chi connectivity index (χ1) is 12.4. The van der Waals surface area contributed by atoms with Crippen molar-refractivity contribution in [2.24, 2.45) is 34.5 Å². The molecule has 5 heteroatoms. The van der Waals surface area contributed by atoms with Crippen LogP contribution in [0.2, 0.25) is 0 Å². The summed E-state index contributed by atoms with van der Waals surface area (Å²) in [6.07, 6.45) is 6.37. The zero-order valence-electron chi connectivity index (χ0n) is 15.4. The Morgan fingerprint density at radius 1 is 1.19 bits per heavy atom. The van der Waals surface area contributed by atoms with Gasteiger partial charge in [-0.2, -0.15) is 0 Å². The molecule has 0 heterocycles. The quantitative estimate of drug-likeness (QED) is 0.801. The molecule has 0 aromatic heterocycles. The monoisotopic (exact) mass is 360 g/mol. The SMILES string of the molecule is C[C@]12CCC(=O)C=C1CC[C@H]1[C@@H]3CC[C@H](C(=O)CO)[C@@]3(CO)CC(=O)[C@@H]12. The lowest BCUT2D eigenvalue weighted by Crippen LogP contribution is -2.57. The molecule has 4 aliphatic carbocycles. The van der Waals surface area contributed by atoms with Crippen LogP contribution in [-0.4, -0.2) is 40.8 Å². The number of hydrogen-bond donors (Lipinski definition) is 2. The van der Waals surface area contributed by atoms with E-state index in [2.05, 4.69) is 6.92 Å². The van der Waals surface area contributed by atoms with E-state index in [0.717, 1.165) is 31.3 Å². The van der Waals surface area contributed by atoms with Crippen molar-refractivity contribution in [3.63, 3.8) is 0 Å². The molecule has 3 fully saturated rings. The fourth-order valence-corrected chi connectivity index (χ4v) is 7.06. The van der Waals surface area contributed by atoms with Gasteiger partial charge in [0.2, 0.25) is 0 Å². The summed E-state index contributed by atoms with van der Waals surface area (Å²) in [5.41, 5.74) is 0.176. The number of carbonyl (C=O) groups excluding carboxylic acids is 3. The summed E-state index contributed by atoms with van der Waals surface area (Å²) in [6.45, 7) is 1.45. The van der Waals surface area contributed by atoms with Crippen LogP contribution in [0.25, 0.3) is 0 Å². The van der Waals surface area contributed by atoms with Gasteiger partial charge in [0.25, 0.3) is 0 Å². The van der Waals surface area contributed by atoms with Crippen LogP contribution in [0, 0.1) is 34.5 Å². The van der Waals surface area contributed by atoms with Gasteiger partial charge in [-0.15, -0.1) is 0 Å². The van der Waals surface area contributed by atoms with E-state index in [9.17, 15) is 24.6 Å². The minimum atomic E-state index is -0.694. The van der Waals surface area contributed by atoms with Gasteiger partial charge in [0.1, 0.15) is 12.4 Å². The molecule has 0 spiro atoms. The standard InChI is InChI=1S/C21H28O5/c1-20-7-6-13(24)8-12(20)2-3-14-15-4-5-16(18(26)10-22)21(15,11-23)9-17(25)19(14)20/h8,14-16,19,22-23H,2-7,9-11H2,1H3/t14-,15-,16+,19+,20-,21+/m0/s1. The number of aliphatic hydroxyl groups is 2. The van der Waals surface area contributed by atoms with Gasteiger partial charge < -0.3 is 10.2 Å². The van der Waals surface area contributed by atoms with E-state index in [1.54, 1.807) is 6.08 Å². The Morgan fingerprint density at radius 3 is 2.65 bits per heavy atom. The third kappa shape index (κ3) is 2.26. The van der Waals surface area contributed by atoms with E-state index in [-0.39, 0.29) is 53.5 Å². The van der Waals surface area contributed by atoms with Crippen molar-refractivity contribution in [2.45, 2.75) is 51.9 Å². The highest BCUT2D eigenvalue weighted by atomic mass is 16.3. The Balaban J connectivity index is 1.74. The molecule has 4 aliphatic rings. The molecule has 0 aromatic carbocycles. The molecule has 5 nitrogen and oxygen atoms in total. The van der Waals surface area contributed by atoms with E-state index in [1.807, 2.05) is 0 Å². The second-order valence-electron chi connectivity index (χ2n) is 9.13. The number of Topliss-reactive ketones (excluding diaryl/α,β-unsaturated/α-hetero) is 2. The van der Waals surface area contributed by atoms with Crippen LogP contribution >= 0.6 is 0 Å². The van der Waals surface area contributed by atoms with Gasteiger partial charge in [-0.3, -0.25) is 14.4 Å². The fourth-order valence-electron chi connectivity index (χ4n) is 7.06. The van der Waals surface area contributed by atoms with E-state index >= 15 is 0 Å². The molecular weight excluding hydrogens is 332 g/mol. The van der Waals surface area contributed by atoms with Gasteiger partial charge in [-0.05, 0) is 55.4 Å². The Kier molecular flexibility index (Phi) is 4.23. The average molecular weight is 360 g/mol. The maximum absolute atomic E-state index is 13.3. The number of carbonyl (C=O) groups is 3. The third-order valence-electron chi connectivity index (χ3n) is 8.23. The van der Waals surface area contributed by atoms with Crippen LogP contribution in [0.4, 0.5) is 0 Å². The van der Waals surface area contributed by atoms with Gasteiger partial charge in [0.15, 0.2) is 11.6 Å². The number of rotatable bonds is 3. The van der Waals surface area contributed by atoms with Crippen LogP contribution in [0.1, 0.15) is 51.9 Å². The van der Waals surface area contributed by atoms with Crippen molar-refractivity contribution in [1.82, 2.24) is 0 Å². The van der Waals surface area contributed by atoms with E-state index in [0.29, 0.717) is 12.8 Å². The summed E-state index contributed by atoms with van der Waals surface area (Å²) >= 11 is 0. The van der Waals surface area contributed by atoms with Crippen LogP contribution in [0.3, 0.4) is 0 Å². The van der Waals surface area contributed by atoms with Crippen LogP contribution in [0.15, 0.2) is 11.6 Å². The molecule has 0 unspecified atom stereocenters. The van der Waals surface area contributed by atoms with Crippen molar-refractivity contribution in [3.05, 3.63) is 11.6 Å².